The smallest absolute Gasteiger partial charge is 0 e. The Kier molecular flexibility index (Phi) is 912. The van der Waals surface area contributed by atoms with Gasteiger partial charge in [0, 0.05) is 69.7 Å². The molecule has 0 aromatic heterocycles. The van der Waals surface area contributed by atoms with Gasteiger partial charge in [0.15, 0.2) is 0 Å². The fraction of sp³-hybridized carbons (Fsp3) is 0. The van der Waals surface area contributed by atoms with Crippen molar-refractivity contribution < 1.29 is 86.2 Å². The molecule has 6 N–H and O–H groups in total. The summed E-state index contributed by atoms with van der Waals surface area (Å²) in [6.45, 7) is 0. The Morgan fingerprint density at radius 2 is 0.500 bits per heavy atom. The van der Waals surface area contributed by atoms with E-state index in [1.165, 1.54) is 0 Å². The van der Waals surface area contributed by atoms with Crippen molar-refractivity contribution in [3.63, 3.8) is 0 Å². The van der Waals surface area contributed by atoms with Gasteiger partial charge in [0.1, 0.15) is 0 Å². The van der Waals surface area contributed by atoms with Crippen LogP contribution in [0.1, 0.15) is 0 Å². The predicted octanol–water partition coefficient (Wildman–Crippen LogP) is -2.48. The molecular weight excluding hydrogens is 299 g/mol. The Labute approximate surface area is 85.1 Å². The molecule has 0 bridgehead atoms. The fourth-order valence-electron chi connectivity index (χ4n) is 0. The first-order valence-electron chi connectivity index (χ1n) is 0. The Balaban J connectivity index is 0. The van der Waals surface area contributed by atoms with Crippen LogP contribution in [0.2, 0.25) is 0 Å². The van der Waals surface area contributed by atoms with Gasteiger partial charge in [-0.2, -0.15) is 0 Å². The molecule has 0 atom stereocenters. The summed E-state index contributed by atoms with van der Waals surface area (Å²) < 4.78 is 0. The van der Waals surface area contributed by atoms with Gasteiger partial charge < -0.3 is 16.4 Å². The maximum Gasteiger partial charge on any atom is 0 e. The normalized spacial score (nSPS) is 0. The second-order valence-electron chi connectivity index (χ2n) is 0. The molecule has 0 rings (SSSR count). The summed E-state index contributed by atoms with van der Waals surface area (Å²) in [7, 11) is 0. The molecule has 0 saturated carbocycles. The molecular formula is H6Fe2LaO3. The predicted molar refractivity (Wildman–Crippen MR) is 10.8 cm³/mol. The van der Waals surface area contributed by atoms with Crippen LogP contribution in [0, 0.1) is 35.6 Å². The fourth-order valence-corrected chi connectivity index (χ4v) is 0. The SMILES string of the molecule is O.O.O.[Fe].[Fe].[La]. The average molecular weight is 305 g/mol. The molecule has 0 aliphatic heterocycles. The van der Waals surface area contributed by atoms with Crippen molar-refractivity contribution in [2.75, 3.05) is 0 Å². The van der Waals surface area contributed by atoms with Gasteiger partial charge in [0.2, 0.25) is 0 Å². The molecule has 0 aromatic carbocycles. The zero-order valence-electron chi connectivity index (χ0n) is 2.78. The third-order valence-corrected chi connectivity index (χ3v) is 0. The van der Waals surface area contributed by atoms with Gasteiger partial charge in [-0.15, -0.1) is 0 Å². The Morgan fingerprint density at radius 1 is 0.500 bits per heavy atom. The third kappa shape index (κ3) is 35.8. The Morgan fingerprint density at radius 3 is 0.500 bits per heavy atom. The van der Waals surface area contributed by atoms with Crippen LogP contribution in [0.4, 0.5) is 0 Å². The van der Waals surface area contributed by atoms with Gasteiger partial charge in [0.25, 0.3) is 0 Å². The minimum absolute atomic E-state index is 0. The van der Waals surface area contributed by atoms with E-state index in [2.05, 4.69) is 0 Å². The first-order valence-corrected chi connectivity index (χ1v) is 0. The van der Waals surface area contributed by atoms with Crippen LogP contribution >= 0.6 is 0 Å². The maximum atomic E-state index is 0. The molecule has 0 aliphatic carbocycles. The van der Waals surface area contributed by atoms with Crippen molar-refractivity contribution in [3.8, 4) is 0 Å². The first-order chi connectivity index (χ1) is 0. The third-order valence-electron chi connectivity index (χ3n) is 0. The van der Waals surface area contributed by atoms with Crippen LogP contribution in [0.25, 0.3) is 0 Å². The summed E-state index contributed by atoms with van der Waals surface area (Å²) >= 11 is 0. The van der Waals surface area contributed by atoms with Gasteiger partial charge in [-0.25, -0.2) is 0 Å². The molecule has 1 radical (unpaired) electrons. The number of hydrogen-bond acceptors (Lipinski definition) is 0. The van der Waals surface area contributed by atoms with Crippen LogP contribution in [-0.4, -0.2) is 16.4 Å². The van der Waals surface area contributed by atoms with E-state index in [1.54, 1.807) is 0 Å². The molecule has 6 heavy (non-hydrogen) atoms. The average Bonchev–Trinajstić information content (AvgIpc) is 0. The van der Waals surface area contributed by atoms with E-state index >= 15 is 0 Å². The monoisotopic (exact) mass is 305 g/mol. The van der Waals surface area contributed by atoms with Crippen molar-refractivity contribution in [2.24, 2.45) is 0 Å². The van der Waals surface area contributed by atoms with Gasteiger partial charge in [-0.1, -0.05) is 0 Å². The van der Waals surface area contributed by atoms with Crippen LogP contribution in [0.3, 0.4) is 0 Å². The quantitative estimate of drug-likeness (QED) is 0.443. The van der Waals surface area contributed by atoms with Crippen molar-refractivity contribution in [1.29, 1.82) is 0 Å². The molecule has 0 fully saturated rings. The van der Waals surface area contributed by atoms with Crippen LogP contribution in [-0.2, 0) is 34.1 Å². The summed E-state index contributed by atoms with van der Waals surface area (Å²) in [6.07, 6.45) is 0. The summed E-state index contributed by atoms with van der Waals surface area (Å²) in [4.78, 5) is 0. The second kappa shape index (κ2) is 59.5. The summed E-state index contributed by atoms with van der Waals surface area (Å²) in [6, 6.07) is 0. The van der Waals surface area contributed by atoms with E-state index in [0.717, 1.165) is 0 Å². The van der Waals surface area contributed by atoms with Crippen molar-refractivity contribution in [3.05, 3.63) is 0 Å². The number of hydrogen-bond donors (Lipinski definition) is 0. The molecule has 6 heteroatoms. The molecule has 0 spiro atoms. The van der Waals surface area contributed by atoms with E-state index in [9.17, 15) is 0 Å². The topological polar surface area (TPSA) is 94.5 Å². The summed E-state index contributed by atoms with van der Waals surface area (Å²) in [5.41, 5.74) is 0. The van der Waals surface area contributed by atoms with E-state index in [4.69, 9.17) is 0 Å². The van der Waals surface area contributed by atoms with Crippen molar-refractivity contribution >= 4 is 0 Å². The summed E-state index contributed by atoms with van der Waals surface area (Å²) in [5.74, 6) is 0. The molecule has 3 nitrogen and oxygen atoms in total. The molecule has 0 heterocycles. The van der Waals surface area contributed by atoms with Gasteiger partial charge in [-0.3, -0.25) is 0 Å². The first kappa shape index (κ1) is 91.9. The standard InChI is InChI=1S/2Fe.La.3H2O/h;;;3*1H2. The van der Waals surface area contributed by atoms with E-state index in [1.807, 2.05) is 0 Å². The van der Waals surface area contributed by atoms with E-state index in [-0.39, 0.29) is 86.2 Å². The van der Waals surface area contributed by atoms with Crippen LogP contribution < -0.4 is 0 Å². The van der Waals surface area contributed by atoms with E-state index < -0.39 is 0 Å². The van der Waals surface area contributed by atoms with Gasteiger partial charge in [0.05, 0.1) is 0 Å². The van der Waals surface area contributed by atoms with Crippen molar-refractivity contribution in [2.45, 2.75) is 0 Å². The largest absolute Gasteiger partial charge is 0.412 e. The number of rotatable bonds is 0. The molecule has 0 unspecified atom stereocenters. The molecule has 0 amide bonds. The molecule has 0 saturated heterocycles. The van der Waals surface area contributed by atoms with Crippen LogP contribution in [0.5, 0.6) is 0 Å². The zero-order valence-corrected chi connectivity index (χ0v) is 8.62. The zero-order chi connectivity index (χ0) is 0. The minimum atomic E-state index is 0. The van der Waals surface area contributed by atoms with Crippen molar-refractivity contribution in [1.82, 2.24) is 0 Å². The van der Waals surface area contributed by atoms with Gasteiger partial charge >= 0.3 is 0 Å². The summed E-state index contributed by atoms with van der Waals surface area (Å²) in [5, 5.41) is 0. The van der Waals surface area contributed by atoms with Gasteiger partial charge in [-0.05, 0) is 0 Å². The van der Waals surface area contributed by atoms with Crippen LogP contribution in [0.15, 0.2) is 0 Å². The Bertz CT molecular complexity index is 8.75. The minimum Gasteiger partial charge on any atom is -0.412 e. The molecule has 0 aliphatic rings. The second-order valence-corrected chi connectivity index (χ2v) is 0. The maximum absolute atomic E-state index is 0. The van der Waals surface area contributed by atoms with E-state index in [0.29, 0.717) is 0 Å². The molecule has 43 valence electrons. The Hall–Kier alpha value is 2.11. The molecule has 0 aromatic rings.